The molecule has 3 rings (SSSR count). The summed E-state index contributed by atoms with van der Waals surface area (Å²) in [7, 11) is -3.76. The lowest BCUT2D eigenvalue weighted by molar-refractivity contribution is -0.134. The molecule has 1 saturated heterocycles. The van der Waals surface area contributed by atoms with Crippen molar-refractivity contribution in [1.29, 1.82) is 0 Å². The molecule has 1 aliphatic heterocycles. The molecule has 2 heterocycles. The van der Waals surface area contributed by atoms with Crippen LogP contribution in [-0.4, -0.2) is 73.5 Å². The largest absolute Gasteiger partial charge is 0.361 e. The number of nitrogens with one attached hydrogen (secondary N) is 1. The second-order valence-corrected chi connectivity index (χ2v) is 10.4. The van der Waals surface area contributed by atoms with E-state index in [0.29, 0.717) is 25.3 Å². The first kappa shape index (κ1) is 23.8. The molecule has 0 radical (unpaired) electrons. The fourth-order valence-corrected chi connectivity index (χ4v) is 5.34. The van der Waals surface area contributed by atoms with Crippen LogP contribution in [0.2, 0.25) is 0 Å². The Morgan fingerprint density at radius 1 is 1.19 bits per heavy atom. The van der Waals surface area contributed by atoms with Gasteiger partial charge in [0.25, 0.3) is 0 Å². The fourth-order valence-electron chi connectivity index (χ4n) is 3.62. The number of rotatable bonds is 9. The number of aromatic nitrogens is 1. The van der Waals surface area contributed by atoms with Gasteiger partial charge >= 0.3 is 0 Å². The Kier molecular flexibility index (Phi) is 8.15. The molecule has 31 heavy (non-hydrogen) atoms. The highest BCUT2D eigenvalue weighted by Gasteiger charge is 2.31. The number of carbonyl (C=O) groups is 1. The first-order valence-corrected chi connectivity index (χ1v) is 13.2. The maximum absolute atomic E-state index is 13.2. The lowest BCUT2D eigenvalue weighted by atomic mass is 10.1. The second-order valence-electron chi connectivity index (χ2n) is 7.67. The van der Waals surface area contributed by atoms with Crippen LogP contribution in [-0.2, 0) is 21.4 Å². The minimum atomic E-state index is -3.76. The van der Waals surface area contributed by atoms with Crippen LogP contribution in [0.3, 0.4) is 0 Å². The summed E-state index contributed by atoms with van der Waals surface area (Å²) < 4.78 is 33.4. The van der Waals surface area contributed by atoms with Crippen molar-refractivity contribution in [3.8, 4) is 0 Å². The van der Waals surface area contributed by atoms with Gasteiger partial charge in [-0.1, -0.05) is 23.4 Å². The van der Waals surface area contributed by atoms with Gasteiger partial charge in [0.2, 0.25) is 15.9 Å². The van der Waals surface area contributed by atoms with Gasteiger partial charge in [-0.15, -0.1) is 0 Å². The molecule has 1 N–H and O–H groups in total. The van der Waals surface area contributed by atoms with Crippen molar-refractivity contribution in [2.24, 2.45) is 0 Å². The molecule has 1 amide bonds. The quantitative estimate of drug-likeness (QED) is 0.604. The zero-order valence-corrected chi connectivity index (χ0v) is 19.8. The predicted octanol–water partition coefficient (Wildman–Crippen LogP) is 2.04. The van der Waals surface area contributed by atoms with E-state index in [1.165, 1.54) is 12.1 Å². The summed E-state index contributed by atoms with van der Waals surface area (Å²) in [6.45, 7) is 7.13. The van der Waals surface area contributed by atoms with E-state index in [0.717, 1.165) is 36.7 Å². The smallest absolute Gasteiger partial charge is 0.241 e. The molecule has 1 aliphatic rings. The van der Waals surface area contributed by atoms with Gasteiger partial charge in [0.1, 0.15) is 11.8 Å². The maximum atomic E-state index is 13.2. The van der Waals surface area contributed by atoms with Crippen LogP contribution < -0.4 is 4.72 Å². The van der Waals surface area contributed by atoms with Gasteiger partial charge in [0, 0.05) is 38.3 Å². The summed E-state index contributed by atoms with van der Waals surface area (Å²) in [5.74, 6) is 1.36. The third-order valence-corrected chi connectivity index (χ3v) is 7.64. The molecule has 1 fully saturated rings. The van der Waals surface area contributed by atoms with Gasteiger partial charge in [-0.3, -0.25) is 9.69 Å². The number of hydrogen-bond donors (Lipinski definition) is 1. The second kappa shape index (κ2) is 10.6. The van der Waals surface area contributed by atoms with Crippen molar-refractivity contribution >= 4 is 27.7 Å². The number of benzene rings is 1. The van der Waals surface area contributed by atoms with Crippen molar-refractivity contribution < 1.29 is 17.7 Å². The molecular formula is C21H30N4O4S2. The Labute approximate surface area is 188 Å². The molecule has 1 atom stereocenters. The van der Waals surface area contributed by atoms with Crippen LogP contribution in [0.25, 0.3) is 0 Å². The van der Waals surface area contributed by atoms with Crippen LogP contribution in [0, 0.1) is 13.8 Å². The summed E-state index contributed by atoms with van der Waals surface area (Å²) in [4.78, 5) is 17.4. The van der Waals surface area contributed by atoms with Crippen molar-refractivity contribution in [3.05, 3.63) is 47.3 Å². The van der Waals surface area contributed by atoms with E-state index >= 15 is 0 Å². The standard InChI is InChI=1S/C21H30N4O4S2/c1-16-19(17(2)29-22-16)15-24-10-12-25(13-11-24)21(26)20(9-14-30-3)23-31(27,28)18-7-5-4-6-8-18/h4-8,20,23H,9-15H2,1-3H3. The average molecular weight is 467 g/mol. The first-order valence-electron chi connectivity index (χ1n) is 10.3. The molecule has 1 aromatic heterocycles. The molecule has 0 aliphatic carbocycles. The monoisotopic (exact) mass is 466 g/mol. The average Bonchev–Trinajstić information content (AvgIpc) is 3.09. The van der Waals surface area contributed by atoms with Gasteiger partial charge < -0.3 is 9.42 Å². The van der Waals surface area contributed by atoms with Crippen LogP contribution in [0.5, 0.6) is 0 Å². The fraction of sp³-hybridized carbons (Fsp3) is 0.524. The SMILES string of the molecule is CSCCC(NS(=O)(=O)c1ccccc1)C(=O)N1CCN(Cc2c(C)noc2C)CC1. The lowest BCUT2D eigenvalue weighted by Gasteiger charge is -2.36. The van der Waals surface area contributed by atoms with Crippen LogP contribution in [0.1, 0.15) is 23.4 Å². The Hall–Kier alpha value is -1.88. The van der Waals surface area contributed by atoms with Crippen molar-refractivity contribution in [3.63, 3.8) is 0 Å². The molecule has 0 spiro atoms. The van der Waals surface area contributed by atoms with Gasteiger partial charge in [0.15, 0.2) is 0 Å². The first-order chi connectivity index (χ1) is 14.8. The number of nitrogens with zero attached hydrogens (tertiary/aromatic N) is 3. The third-order valence-electron chi connectivity index (χ3n) is 5.51. The highest BCUT2D eigenvalue weighted by molar-refractivity contribution is 7.98. The zero-order chi connectivity index (χ0) is 22.4. The molecular weight excluding hydrogens is 436 g/mol. The van der Waals surface area contributed by atoms with Crippen LogP contribution in [0.15, 0.2) is 39.8 Å². The van der Waals surface area contributed by atoms with E-state index in [4.69, 9.17) is 4.52 Å². The van der Waals surface area contributed by atoms with Crippen molar-refractivity contribution in [2.45, 2.75) is 37.8 Å². The molecule has 2 aromatic rings. The van der Waals surface area contributed by atoms with Gasteiger partial charge in [-0.25, -0.2) is 8.42 Å². The molecule has 10 heteroatoms. The number of sulfonamides is 1. The summed E-state index contributed by atoms with van der Waals surface area (Å²) in [6.07, 6.45) is 2.39. The van der Waals surface area contributed by atoms with E-state index in [1.807, 2.05) is 20.1 Å². The summed E-state index contributed by atoms with van der Waals surface area (Å²) in [6, 6.07) is 7.40. The lowest BCUT2D eigenvalue weighted by Crippen LogP contribution is -2.54. The van der Waals surface area contributed by atoms with Gasteiger partial charge in [-0.2, -0.15) is 16.5 Å². The number of carbonyl (C=O) groups excluding carboxylic acids is 1. The maximum Gasteiger partial charge on any atom is 0.241 e. The molecule has 0 bridgehead atoms. The number of amides is 1. The minimum absolute atomic E-state index is 0.162. The van der Waals surface area contributed by atoms with Crippen molar-refractivity contribution in [1.82, 2.24) is 19.7 Å². The van der Waals surface area contributed by atoms with E-state index in [9.17, 15) is 13.2 Å². The Bertz CT molecular complexity index is 951. The Morgan fingerprint density at radius 2 is 1.87 bits per heavy atom. The van der Waals surface area contributed by atoms with Crippen LogP contribution in [0.4, 0.5) is 0 Å². The third kappa shape index (κ3) is 6.09. The van der Waals surface area contributed by atoms with Crippen LogP contribution >= 0.6 is 11.8 Å². The van der Waals surface area contributed by atoms with Crippen molar-refractivity contribution in [2.75, 3.05) is 38.2 Å². The summed E-state index contributed by atoms with van der Waals surface area (Å²) >= 11 is 1.59. The normalized spacial score (nSPS) is 16.4. The van der Waals surface area contributed by atoms with E-state index in [2.05, 4.69) is 14.8 Å². The van der Waals surface area contributed by atoms with E-state index in [1.54, 1.807) is 34.9 Å². The summed E-state index contributed by atoms with van der Waals surface area (Å²) in [5, 5.41) is 4.00. The minimum Gasteiger partial charge on any atom is -0.361 e. The van der Waals surface area contributed by atoms with E-state index < -0.39 is 16.1 Å². The molecule has 170 valence electrons. The predicted molar refractivity (Wildman–Crippen MR) is 121 cm³/mol. The molecule has 0 saturated carbocycles. The number of thioether (sulfide) groups is 1. The topological polar surface area (TPSA) is 95.8 Å². The Balaban J connectivity index is 1.63. The molecule has 1 unspecified atom stereocenters. The zero-order valence-electron chi connectivity index (χ0n) is 18.2. The highest BCUT2D eigenvalue weighted by atomic mass is 32.2. The summed E-state index contributed by atoms with van der Waals surface area (Å²) in [5.41, 5.74) is 1.98. The van der Waals surface area contributed by atoms with Gasteiger partial charge in [-0.05, 0) is 44.4 Å². The molecule has 8 nitrogen and oxygen atoms in total. The number of piperazine rings is 1. The van der Waals surface area contributed by atoms with Gasteiger partial charge in [0.05, 0.1) is 10.6 Å². The Morgan fingerprint density at radius 3 is 2.45 bits per heavy atom. The van der Waals surface area contributed by atoms with E-state index in [-0.39, 0.29) is 10.8 Å². The highest BCUT2D eigenvalue weighted by Crippen LogP contribution is 2.17. The number of hydrogen-bond acceptors (Lipinski definition) is 7. The number of aryl methyl sites for hydroxylation is 2. The molecule has 1 aromatic carbocycles.